The summed E-state index contributed by atoms with van der Waals surface area (Å²) in [5.41, 5.74) is 0. The van der Waals surface area contributed by atoms with Crippen molar-refractivity contribution in [3.63, 3.8) is 0 Å². The highest BCUT2D eigenvalue weighted by atomic mass is 16.7. The first kappa shape index (κ1) is 86.5. The Balaban J connectivity index is 0.820. The van der Waals surface area contributed by atoms with Gasteiger partial charge < -0.3 is 63.4 Å². The molecule has 0 amide bonds. The van der Waals surface area contributed by atoms with Crippen LogP contribution in [0.4, 0.5) is 0 Å². The molecule has 9 aliphatic rings. The maximum Gasteiger partial charge on any atom is 0.155 e. The molecule has 9 aliphatic carbocycles. The lowest BCUT2D eigenvalue weighted by Gasteiger charge is -2.49. The summed E-state index contributed by atoms with van der Waals surface area (Å²) >= 11 is 0. The van der Waals surface area contributed by atoms with Crippen LogP contribution in [0.1, 0.15) is 323 Å². The minimum absolute atomic E-state index is 0.156. The second-order valence-corrected chi connectivity index (χ2v) is 37.6. The monoisotopic (exact) mass is 1450 g/mol. The van der Waals surface area contributed by atoms with E-state index in [2.05, 4.69) is 83.1 Å². The van der Waals surface area contributed by atoms with Gasteiger partial charge in [-0.1, -0.05) is 61.8 Å². The van der Waals surface area contributed by atoms with E-state index in [1.807, 2.05) is 27.7 Å². The summed E-state index contributed by atoms with van der Waals surface area (Å²) in [6.45, 7) is 39.0. The predicted molar refractivity (Wildman–Crippen MR) is 415 cm³/mol. The Kier molecular flexibility index (Phi) is 35.6. The average Bonchev–Trinajstić information content (AvgIpc) is 0.792. The van der Waals surface area contributed by atoms with Crippen LogP contribution in [-0.4, -0.2) is 132 Å². The summed E-state index contributed by atoms with van der Waals surface area (Å²) in [6, 6.07) is 0. The van der Waals surface area contributed by atoms with Gasteiger partial charge in [-0.3, -0.25) is 0 Å². The fourth-order valence-electron chi connectivity index (χ4n) is 25.4. The molecule has 9 rings (SSSR count). The third kappa shape index (κ3) is 23.8. The van der Waals surface area contributed by atoms with Gasteiger partial charge in [0, 0.05) is 26.4 Å². The molecule has 0 radical (unpaired) electrons. The highest BCUT2D eigenvalue weighted by molar-refractivity contribution is 4.99. The number of hydrogen-bond donors (Lipinski definition) is 5. The minimum Gasteiger partial charge on any atom is -0.393 e. The van der Waals surface area contributed by atoms with E-state index in [0.717, 1.165) is 167 Å². The largest absolute Gasteiger partial charge is 0.393 e. The summed E-state index contributed by atoms with van der Waals surface area (Å²) in [5, 5.41) is 60.1. The van der Waals surface area contributed by atoms with E-state index in [-0.39, 0.29) is 104 Å². The van der Waals surface area contributed by atoms with Gasteiger partial charge in [0.15, 0.2) is 25.2 Å². The molecule has 13 nitrogen and oxygen atoms in total. The maximum absolute atomic E-state index is 12.2. The third-order valence-corrected chi connectivity index (χ3v) is 32.1. The predicted octanol–water partition coefficient (Wildman–Crippen LogP) is 19.8. The Labute approximate surface area is 631 Å². The average molecular weight is 1450 g/mol. The fraction of sp³-hybridized carbons (Fsp3) is 1.00. The lowest BCUT2D eigenvalue weighted by atomic mass is 9.58. The molecule has 0 spiro atoms. The Morgan fingerprint density at radius 1 is 0.252 bits per heavy atom. The Bertz CT molecular complexity index is 2310. The molecular weight excluding hydrogens is 1290 g/mol. The summed E-state index contributed by atoms with van der Waals surface area (Å²) in [5.74, 6) is 11.5. The molecule has 0 aliphatic heterocycles. The van der Waals surface area contributed by atoms with Crippen molar-refractivity contribution in [1.82, 2.24) is 0 Å². The summed E-state index contributed by atoms with van der Waals surface area (Å²) in [6.07, 6.45) is 34.8. The standard InChI is InChI=1S/C90H164O13/c1-17-65(74-32-44-89(95)83(53-74)59(11)72-31-43-87(93)81(51-72)58(10)70-29-41-86(92)80(49-70)55(7)66-22-34-76(35-23-66)100-61(13)96-18-2)47-75(68-26-38-78(39-27-68)102-63(15)98-20-4)46-54(6)69-28-40-85(91)79(48-69)57(9)71-30-42-88(94)82(50-71)60(12)73-33-45-90(103-64(16)99-21-5)84(52-73)56(8)67-24-36-77(37-25-67)101-62(14)97-19-3/h54-95H,17-53H2,1-16H3. The molecule has 9 fully saturated rings. The quantitative estimate of drug-likeness (QED) is 0.0375. The van der Waals surface area contributed by atoms with E-state index < -0.39 is 0 Å². The van der Waals surface area contributed by atoms with Gasteiger partial charge in [0.25, 0.3) is 0 Å². The van der Waals surface area contributed by atoms with Crippen molar-refractivity contribution in [1.29, 1.82) is 0 Å². The molecule has 0 aromatic carbocycles. The fourth-order valence-corrected chi connectivity index (χ4v) is 25.4. The molecule has 31 unspecified atom stereocenters. The number of rotatable bonds is 36. The molecule has 0 aromatic rings. The van der Waals surface area contributed by atoms with E-state index >= 15 is 0 Å². The molecule has 9 saturated carbocycles. The lowest BCUT2D eigenvalue weighted by molar-refractivity contribution is -0.191. The van der Waals surface area contributed by atoms with Crippen molar-refractivity contribution in [2.75, 3.05) is 26.4 Å². The topological polar surface area (TPSA) is 175 Å². The van der Waals surface area contributed by atoms with Gasteiger partial charge >= 0.3 is 0 Å². The molecule has 0 heterocycles. The molecule has 602 valence electrons. The molecule has 13 heteroatoms. The van der Waals surface area contributed by atoms with Gasteiger partial charge in [0.05, 0.1) is 54.9 Å². The van der Waals surface area contributed by atoms with E-state index in [1.54, 1.807) is 0 Å². The maximum atomic E-state index is 12.2. The van der Waals surface area contributed by atoms with E-state index in [0.29, 0.717) is 145 Å². The number of ether oxygens (including phenoxy) is 8. The molecule has 0 bridgehead atoms. The van der Waals surface area contributed by atoms with Crippen molar-refractivity contribution in [2.45, 2.75) is 403 Å². The number of aliphatic hydroxyl groups excluding tert-OH is 5. The first-order chi connectivity index (χ1) is 49.4. The van der Waals surface area contributed by atoms with Crippen LogP contribution in [0, 0.1) is 142 Å². The highest BCUT2D eigenvalue weighted by Crippen LogP contribution is 2.55. The van der Waals surface area contributed by atoms with Crippen LogP contribution in [0.3, 0.4) is 0 Å². The molecule has 31 atom stereocenters. The zero-order valence-corrected chi connectivity index (χ0v) is 69.0. The first-order valence-electron chi connectivity index (χ1n) is 44.9. The van der Waals surface area contributed by atoms with E-state index in [9.17, 15) is 25.5 Å². The van der Waals surface area contributed by atoms with Crippen LogP contribution >= 0.6 is 0 Å². The van der Waals surface area contributed by atoms with Gasteiger partial charge in [-0.2, -0.15) is 0 Å². The third-order valence-electron chi connectivity index (χ3n) is 32.1. The van der Waals surface area contributed by atoms with Crippen molar-refractivity contribution in [3.8, 4) is 0 Å². The van der Waals surface area contributed by atoms with Gasteiger partial charge in [0.2, 0.25) is 0 Å². The molecule has 0 saturated heterocycles. The Hall–Kier alpha value is -0.520. The van der Waals surface area contributed by atoms with Gasteiger partial charge in [-0.15, -0.1) is 0 Å². The van der Waals surface area contributed by atoms with Crippen LogP contribution in [0.15, 0.2) is 0 Å². The van der Waals surface area contributed by atoms with Crippen LogP contribution in [-0.2, 0) is 37.9 Å². The summed E-state index contributed by atoms with van der Waals surface area (Å²) in [4.78, 5) is 0. The lowest BCUT2D eigenvalue weighted by Crippen LogP contribution is -2.45. The first-order valence-corrected chi connectivity index (χ1v) is 44.9. The van der Waals surface area contributed by atoms with Gasteiger partial charge in [0.1, 0.15) is 0 Å². The van der Waals surface area contributed by atoms with Crippen molar-refractivity contribution in [3.05, 3.63) is 0 Å². The van der Waals surface area contributed by atoms with Crippen molar-refractivity contribution >= 4 is 0 Å². The molecular formula is C90H164O13. The Morgan fingerprint density at radius 2 is 0.515 bits per heavy atom. The van der Waals surface area contributed by atoms with Crippen LogP contribution in [0.25, 0.3) is 0 Å². The minimum atomic E-state index is -0.279. The second kappa shape index (κ2) is 42.4. The molecule has 103 heavy (non-hydrogen) atoms. The smallest absolute Gasteiger partial charge is 0.155 e. The van der Waals surface area contributed by atoms with E-state index in [1.165, 1.54) is 44.9 Å². The van der Waals surface area contributed by atoms with Gasteiger partial charge in [-0.25, -0.2) is 0 Å². The Morgan fingerprint density at radius 3 is 0.864 bits per heavy atom. The summed E-state index contributed by atoms with van der Waals surface area (Å²) < 4.78 is 49.4. The normalized spacial score (nSPS) is 41.3. The van der Waals surface area contributed by atoms with Crippen LogP contribution < -0.4 is 0 Å². The molecule has 0 aromatic heterocycles. The number of aliphatic hydroxyl groups is 5. The highest BCUT2D eigenvalue weighted by Gasteiger charge is 2.50. The van der Waals surface area contributed by atoms with Crippen molar-refractivity contribution < 1.29 is 63.4 Å². The van der Waals surface area contributed by atoms with Crippen molar-refractivity contribution in [2.24, 2.45) is 142 Å². The molecule has 5 N–H and O–H groups in total. The van der Waals surface area contributed by atoms with Crippen LogP contribution in [0.5, 0.6) is 0 Å². The van der Waals surface area contributed by atoms with Crippen LogP contribution in [0.2, 0.25) is 0 Å². The summed E-state index contributed by atoms with van der Waals surface area (Å²) in [7, 11) is 0. The number of hydrogen-bond acceptors (Lipinski definition) is 13. The SMILES string of the molecule is CCOC(C)OC1CCC(C(CC(C)C2CCC(O)C(C(C)C3CCC(O)C(C(C)C4CCC(OC(C)OCC)C(C(C)C5CCC(OC(C)OCC)CC5)C4)C3)C2)CC(CC)C2CCC(O)C(C(C)C3CCC(O)C(C(C)C4CCC(O)C(C(C)C5CCC(OC(C)OCC)CC5)C4)C3)C2)CC1. The zero-order valence-electron chi connectivity index (χ0n) is 69.0. The second-order valence-electron chi connectivity index (χ2n) is 37.6. The van der Waals surface area contributed by atoms with E-state index in [4.69, 9.17) is 37.9 Å². The zero-order chi connectivity index (χ0) is 74.2. The van der Waals surface area contributed by atoms with Gasteiger partial charge in [-0.05, 0) is 403 Å².